The van der Waals surface area contributed by atoms with E-state index in [0.29, 0.717) is 18.6 Å². The van der Waals surface area contributed by atoms with Crippen molar-refractivity contribution in [2.45, 2.75) is 39.3 Å². The average Bonchev–Trinajstić information content (AvgIpc) is 2.34. The van der Waals surface area contributed by atoms with E-state index < -0.39 is 0 Å². The second-order valence-electron chi connectivity index (χ2n) is 4.88. The smallest absolute Gasteiger partial charge is 0.0829 e. The lowest BCUT2D eigenvalue weighted by Gasteiger charge is -2.37. The maximum absolute atomic E-state index is 8.62. The van der Waals surface area contributed by atoms with Crippen LogP contribution >= 0.6 is 0 Å². The van der Waals surface area contributed by atoms with Crippen molar-refractivity contribution < 1.29 is 4.74 Å². The summed E-state index contributed by atoms with van der Waals surface area (Å²) >= 11 is 0. The molecule has 98 valence electrons. The van der Waals surface area contributed by atoms with Gasteiger partial charge in [0.25, 0.3) is 0 Å². The molecule has 0 aromatic rings. The minimum atomic E-state index is 0.296. The topological polar surface area (TPSA) is 39.5 Å². The van der Waals surface area contributed by atoms with Gasteiger partial charge >= 0.3 is 0 Å². The standard InChI is InChI=1S/C13H25N3O/c1-4-15(7-5-6-14)10-13-11-16(12(2)3)8-9-17-13/h12-13H,4-5,7-11H2,1-3H3. The third kappa shape index (κ3) is 5.03. The highest BCUT2D eigenvalue weighted by atomic mass is 16.5. The molecule has 1 aliphatic heterocycles. The quantitative estimate of drug-likeness (QED) is 0.701. The summed E-state index contributed by atoms with van der Waals surface area (Å²) in [7, 11) is 0. The molecule has 0 aromatic carbocycles. The Bertz CT molecular complexity index is 250. The molecule has 17 heavy (non-hydrogen) atoms. The Kier molecular flexibility index (Phi) is 6.49. The predicted molar refractivity (Wildman–Crippen MR) is 68.8 cm³/mol. The van der Waals surface area contributed by atoms with Gasteiger partial charge in [-0.2, -0.15) is 5.26 Å². The first-order valence-corrected chi connectivity index (χ1v) is 6.62. The number of ether oxygens (including phenoxy) is 1. The van der Waals surface area contributed by atoms with E-state index in [0.717, 1.165) is 39.3 Å². The molecule has 0 amide bonds. The average molecular weight is 239 g/mol. The molecule has 4 nitrogen and oxygen atoms in total. The van der Waals surface area contributed by atoms with Crippen LogP contribution in [0.25, 0.3) is 0 Å². The van der Waals surface area contributed by atoms with Crippen LogP contribution < -0.4 is 0 Å². The predicted octanol–water partition coefficient (Wildman–Crippen LogP) is 1.33. The summed E-state index contributed by atoms with van der Waals surface area (Å²) in [6.07, 6.45) is 0.902. The Morgan fingerprint density at radius 3 is 2.88 bits per heavy atom. The number of nitrogens with zero attached hydrogens (tertiary/aromatic N) is 3. The molecule has 0 aliphatic carbocycles. The first-order chi connectivity index (χ1) is 8.17. The van der Waals surface area contributed by atoms with Crippen molar-refractivity contribution in [3.05, 3.63) is 0 Å². The van der Waals surface area contributed by atoms with Crippen LogP contribution in [0, 0.1) is 11.3 Å². The van der Waals surface area contributed by atoms with Gasteiger partial charge in [-0.1, -0.05) is 6.92 Å². The van der Waals surface area contributed by atoms with Gasteiger partial charge in [0.2, 0.25) is 0 Å². The van der Waals surface area contributed by atoms with Gasteiger partial charge in [-0.05, 0) is 20.4 Å². The van der Waals surface area contributed by atoms with Crippen molar-refractivity contribution in [1.82, 2.24) is 9.80 Å². The van der Waals surface area contributed by atoms with E-state index in [9.17, 15) is 0 Å². The Morgan fingerprint density at radius 1 is 1.53 bits per heavy atom. The Hall–Kier alpha value is -0.630. The first-order valence-electron chi connectivity index (χ1n) is 6.62. The van der Waals surface area contributed by atoms with Gasteiger partial charge in [-0.3, -0.25) is 9.80 Å². The molecule has 1 saturated heterocycles. The molecule has 0 bridgehead atoms. The summed E-state index contributed by atoms with van der Waals surface area (Å²) in [6.45, 7) is 12.3. The summed E-state index contributed by atoms with van der Waals surface area (Å²) < 4.78 is 5.80. The highest BCUT2D eigenvalue weighted by Crippen LogP contribution is 2.10. The summed E-state index contributed by atoms with van der Waals surface area (Å²) in [4.78, 5) is 4.77. The summed E-state index contributed by atoms with van der Waals surface area (Å²) in [5.41, 5.74) is 0. The van der Waals surface area contributed by atoms with Crippen molar-refractivity contribution in [2.24, 2.45) is 0 Å². The van der Waals surface area contributed by atoms with E-state index in [4.69, 9.17) is 10.00 Å². The van der Waals surface area contributed by atoms with Gasteiger partial charge in [0.05, 0.1) is 18.8 Å². The van der Waals surface area contributed by atoms with E-state index in [1.54, 1.807) is 0 Å². The van der Waals surface area contributed by atoms with Crippen molar-refractivity contribution in [1.29, 1.82) is 5.26 Å². The third-order valence-corrected chi connectivity index (χ3v) is 3.35. The lowest BCUT2D eigenvalue weighted by molar-refractivity contribution is -0.0514. The van der Waals surface area contributed by atoms with E-state index in [2.05, 4.69) is 36.6 Å². The molecule has 0 radical (unpaired) electrons. The van der Waals surface area contributed by atoms with Crippen LogP contribution in [-0.4, -0.2) is 61.3 Å². The summed E-state index contributed by atoms with van der Waals surface area (Å²) in [5.74, 6) is 0. The number of likely N-dealkylation sites (N-methyl/N-ethyl adjacent to an activating group) is 1. The van der Waals surface area contributed by atoms with Crippen LogP contribution in [0.2, 0.25) is 0 Å². The minimum Gasteiger partial charge on any atom is -0.374 e. The van der Waals surface area contributed by atoms with Gasteiger partial charge in [0.1, 0.15) is 0 Å². The van der Waals surface area contributed by atoms with Crippen LogP contribution in [-0.2, 0) is 4.74 Å². The second-order valence-corrected chi connectivity index (χ2v) is 4.88. The fourth-order valence-electron chi connectivity index (χ4n) is 2.20. The van der Waals surface area contributed by atoms with Gasteiger partial charge in [-0.15, -0.1) is 0 Å². The highest BCUT2D eigenvalue weighted by molar-refractivity contribution is 4.78. The van der Waals surface area contributed by atoms with E-state index in [1.807, 2.05) is 0 Å². The minimum absolute atomic E-state index is 0.296. The number of nitriles is 1. The molecular weight excluding hydrogens is 214 g/mol. The summed E-state index contributed by atoms with van der Waals surface area (Å²) in [5, 5.41) is 8.62. The third-order valence-electron chi connectivity index (χ3n) is 3.35. The maximum atomic E-state index is 8.62. The van der Waals surface area contributed by atoms with Crippen molar-refractivity contribution >= 4 is 0 Å². The zero-order valence-electron chi connectivity index (χ0n) is 11.4. The normalized spacial score (nSPS) is 22.0. The molecule has 1 aliphatic rings. The number of rotatable bonds is 6. The van der Waals surface area contributed by atoms with E-state index >= 15 is 0 Å². The Labute approximate surface area is 105 Å². The zero-order chi connectivity index (χ0) is 12.7. The van der Waals surface area contributed by atoms with Crippen molar-refractivity contribution in [3.8, 4) is 6.07 Å². The van der Waals surface area contributed by atoms with Crippen LogP contribution in [0.4, 0.5) is 0 Å². The number of hydrogen-bond acceptors (Lipinski definition) is 4. The number of hydrogen-bond donors (Lipinski definition) is 0. The molecule has 1 rings (SSSR count). The molecular formula is C13H25N3O. The lowest BCUT2D eigenvalue weighted by atomic mass is 10.2. The molecule has 0 aromatic heterocycles. The van der Waals surface area contributed by atoms with Gasteiger partial charge < -0.3 is 4.74 Å². The summed E-state index contributed by atoms with van der Waals surface area (Å²) in [6, 6.07) is 2.80. The van der Waals surface area contributed by atoms with Crippen molar-refractivity contribution in [2.75, 3.05) is 39.3 Å². The lowest BCUT2D eigenvalue weighted by Crippen LogP contribution is -2.49. The molecule has 0 saturated carbocycles. The van der Waals surface area contributed by atoms with Crippen LogP contribution in [0.5, 0.6) is 0 Å². The Balaban J connectivity index is 2.36. The second kappa shape index (κ2) is 7.65. The van der Waals surface area contributed by atoms with Gasteiger partial charge in [0.15, 0.2) is 0 Å². The monoisotopic (exact) mass is 239 g/mol. The van der Waals surface area contributed by atoms with E-state index in [1.165, 1.54) is 0 Å². The Morgan fingerprint density at radius 2 is 2.29 bits per heavy atom. The highest BCUT2D eigenvalue weighted by Gasteiger charge is 2.23. The van der Waals surface area contributed by atoms with Gasteiger partial charge in [0, 0.05) is 38.6 Å². The molecule has 1 unspecified atom stereocenters. The first kappa shape index (κ1) is 14.4. The molecule has 1 atom stereocenters. The van der Waals surface area contributed by atoms with Crippen LogP contribution in [0.15, 0.2) is 0 Å². The molecule has 4 heteroatoms. The fourth-order valence-corrected chi connectivity index (χ4v) is 2.20. The largest absolute Gasteiger partial charge is 0.374 e. The zero-order valence-corrected chi connectivity index (χ0v) is 11.4. The molecule has 1 fully saturated rings. The van der Waals surface area contributed by atoms with E-state index in [-0.39, 0.29) is 0 Å². The fraction of sp³-hybridized carbons (Fsp3) is 0.923. The van der Waals surface area contributed by atoms with Gasteiger partial charge in [-0.25, -0.2) is 0 Å². The maximum Gasteiger partial charge on any atom is 0.0829 e. The molecule has 0 N–H and O–H groups in total. The number of morpholine rings is 1. The van der Waals surface area contributed by atoms with Crippen LogP contribution in [0.3, 0.4) is 0 Å². The van der Waals surface area contributed by atoms with Crippen molar-refractivity contribution in [3.63, 3.8) is 0 Å². The molecule has 0 spiro atoms. The molecule has 1 heterocycles. The van der Waals surface area contributed by atoms with Crippen LogP contribution in [0.1, 0.15) is 27.2 Å². The SMILES string of the molecule is CCN(CCC#N)CC1CN(C(C)C)CCO1.